The van der Waals surface area contributed by atoms with Crippen LogP contribution in [0.4, 0.5) is 0 Å². The molecule has 1 saturated heterocycles. The van der Waals surface area contributed by atoms with Crippen LogP contribution in [0.1, 0.15) is 291 Å². The van der Waals surface area contributed by atoms with E-state index in [9.17, 15) is 56.2 Å². The van der Waals surface area contributed by atoms with E-state index in [-0.39, 0.29) is 37.6 Å². The van der Waals surface area contributed by atoms with E-state index in [0.717, 1.165) is 85.8 Å². The molecule has 540 valence electrons. The summed E-state index contributed by atoms with van der Waals surface area (Å²) in [6.07, 6.45) is 39.7. The molecule has 14 heteroatoms. The maximum Gasteiger partial charge on any atom is 1.00 e. The zero-order valence-electron chi connectivity index (χ0n) is 62.9. The zero-order valence-corrected chi connectivity index (χ0v) is 61.9. The molecule has 9 aliphatic carbocycles. The standard InChI is InChI=1S/C27H44O4.2C27H46O4.Al.Li.4H/c1-18(7-5-13-25(2,3)30)21-11-12-22-20(8-6-14-26(21,22)4)10-9-19-15-23(28)27(17-31-27)24(29)16-19;2*1-18(8-6-14-25(2,3)30)21-12-13-22-20(9-7-15-26(21,22)4)11-10-19-16-23(28)27(5,31)24(29)17-19;;;;;;/h9-10,18,21-24,28-30H,5-8,11-17H2,1-4H3;2*10-11,18,21-24,28-31H,6-9,12-17H2,1-5H3;;;;;;/q;;;;+1;;;;-1/b19-9?,20-10+;2*19-10?,20-11+;;;;;;/t3*18-,21?,22?,23+,24+,26?,27?;;;;;;/m000....../s1. The fourth-order valence-corrected chi connectivity index (χ4v) is 20.9. The summed E-state index contributed by atoms with van der Waals surface area (Å²) in [5.74, 6) is 6.23. The van der Waals surface area contributed by atoms with Gasteiger partial charge in [0, 0.05) is 0 Å². The van der Waals surface area contributed by atoms with Gasteiger partial charge in [0.15, 0.2) is 17.4 Å². The molecule has 9 saturated carbocycles. The first kappa shape index (κ1) is 83.0. The Hall–Kier alpha value is -0.910. The normalized spacial score (nSPS) is 40.9. The molecule has 0 aromatic rings. The van der Waals surface area contributed by atoms with Crippen molar-refractivity contribution in [3.05, 3.63) is 69.9 Å². The third kappa shape index (κ3) is 20.1. The largest absolute Gasteiger partial charge is 1.00 e. The van der Waals surface area contributed by atoms with Crippen molar-refractivity contribution in [2.45, 2.75) is 360 Å². The summed E-state index contributed by atoms with van der Waals surface area (Å²) < 4.78 is 5.40. The van der Waals surface area contributed by atoms with Crippen LogP contribution in [-0.4, -0.2) is 150 Å². The van der Waals surface area contributed by atoms with Gasteiger partial charge in [-0.3, -0.25) is 0 Å². The summed E-state index contributed by atoms with van der Waals surface area (Å²) >= 11 is 0. The molecule has 10 rings (SSSR count). The maximum absolute atomic E-state index is 10.4. The quantitative estimate of drug-likeness (QED) is 0.0454. The summed E-state index contributed by atoms with van der Waals surface area (Å²) in [6.45, 7) is 29.8. The van der Waals surface area contributed by atoms with Gasteiger partial charge in [-0.1, -0.05) is 150 Å². The molecule has 1 aliphatic heterocycles. The second-order valence-corrected chi connectivity index (χ2v) is 36.0. The Labute approximate surface area is 600 Å². The molecule has 11 N–H and O–H groups in total. The van der Waals surface area contributed by atoms with Crippen molar-refractivity contribution in [3.63, 3.8) is 0 Å². The van der Waals surface area contributed by atoms with Crippen LogP contribution in [0, 0.1) is 69.5 Å². The predicted molar refractivity (Wildman–Crippen MR) is 386 cm³/mol. The molecule has 0 amide bonds. The SMILES string of the molecule is C[C@@H](CCCC(C)(C)O)C1CCC2/C(=C/C=C3C[C@@H](O)C(C)(O)[C@H](O)C3)CCCC21C.C[C@@H](CCCC(C)(C)O)C1CCC2/C(=C/C=C3C[C@@H](O)C(C)(O)[C@H](O)C3)CCCC21C.C[C@@H](CCCC(C)(C)O)C1CCC2/C(=C/C=C3C[C@@H](O)C4(CO4)[C@H](O)C3)CCCC21C.[AlH3].[H-].[Li+]. The minimum atomic E-state index is -1.42. The Balaban J connectivity index is 0.000000256. The molecular weight excluding hydrogens is 1200 g/mol. The Kier molecular flexibility index (Phi) is 29.1. The molecule has 12 nitrogen and oxygen atoms in total. The van der Waals surface area contributed by atoms with E-state index in [0.29, 0.717) is 96.9 Å². The number of ether oxygens (including phenoxy) is 1. The van der Waals surface area contributed by atoms with Crippen LogP contribution in [0.15, 0.2) is 69.9 Å². The van der Waals surface area contributed by atoms with Gasteiger partial charge in [-0.15, -0.1) is 0 Å². The van der Waals surface area contributed by atoms with E-state index < -0.39 is 70.2 Å². The molecule has 0 aromatic heterocycles. The molecule has 1 spiro atoms. The first-order valence-corrected chi connectivity index (χ1v) is 37.7. The molecule has 10 aliphatic rings. The van der Waals surface area contributed by atoms with Crippen molar-refractivity contribution < 1.29 is 81.2 Å². The van der Waals surface area contributed by atoms with Crippen molar-refractivity contribution in [2.24, 2.45) is 69.5 Å². The minimum absolute atomic E-state index is 0. The molecule has 0 aromatic carbocycles. The third-order valence-electron chi connectivity index (χ3n) is 27.2. The van der Waals surface area contributed by atoms with Gasteiger partial charge in [-0.2, -0.15) is 0 Å². The topological polar surface area (TPSA) is 235 Å². The van der Waals surface area contributed by atoms with E-state index in [1.807, 2.05) is 41.5 Å². The molecule has 95 heavy (non-hydrogen) atoms. The second-order valence-electron chi connectivity index (χ2n) is 36.0. The zero-order chi connectivity index (χ0) is 68.5. The van der Waals surface area contributed by atoms with Gasteiger partial charge < -0.3 is 62.3 Å². The Morgan fingerprint density at radius 1 is 0.432 bits per heavy atom. The molecule has 9 unspecified atom stereocenters. The monoisotopic (exact) mass is 1340 g/mol. The number of hydrogen-bond acceptors (Lipinski definition) is 12. The number of rotatable bonds is 18. The average Bonchev–Trinajstić information content (AvgIpc) is 1.60. The summed E-state index contributed by atoms with van der Waals surface area (Å²) in [5.41, 5.74) is 3.75. The maximum atomic E-state index is 10.4. The van der Waals surface area contributed by atoms with E-state index in [4.69, 9.17) is 4.74 Å². The Morgan fingerprint density at radius 3 is 0.905 bits per heavy atom. The Bertz CT molecular complexity index is 2360. The molecule has 18 atom stereocenters. The van der Waals surface area contributed by atoms with Gasteiger partial charge in [0.1, 0.15) is 16.8 Å². The molecule has 0 radical (unpaired) electrons. The van der Waals surface area contributed by atoms with Crippen LogP contribution < -0.4 is 18.9 Å². The average molecular weight is 1340 g/mol. The molecule has 0 bridgehead atoms. The van der Waals surface area contributed by atoms with E-state index in [2.05, 4.69) is 78.0 Å². The van der Waals surface area contributed by atoms with Crippen LogP contribution in [0.25, 0.3) is 0 Å². The molecule has 1 heterocycles. The first-order valence-electron chi connectivity index (χ1n) is 37.7. The fraction of sp³-hybridized carbons (Fsp3) is 0.852. The van der Waals surface area contributed by atoms with Crippen molar-refractivity contribution in [1.29, 1.82) is 0 Å². The molecule has 10 fully saturated rings. The van der Waals surface area contributed by atoms with Gasteiger partial charge in [0.2, 0.25) is 0 Å². The van der Waals surface area contributed by atoms with Crippen LogP contribution in [0.2, 0.25) is 0 Å². The smallest absolute Gasteiger partial charge is 1.00 e. The van der Waals surface area contributed by atoms with Crippen molar-refractivity contribution >= 4 is 17.4 Å². The summed E-state index contributed by atoms with van der Waals surface area (Å²) in [4.78, 5) is 0. The van der Waals surface area contributed by atoms with Crippen molar-refractivity contribution in [1.82, 2.24) is 0 Å². The van der Waals surface area contributed by atoms with E-state index in [1.54, 1.807) is 5.57 Å². The van der Waals surface area contributed by atoms with Gasteiger partial charge >= 0.3 is 18.9 Å². The van der Waals surface area contributed by atoms with Crippen LogP contribution in [0.3, 0.4) is 0 Å². The van der Waals surface area contributed by atoms with Crippen LogP contribution in [-0.2, 0) is 4.74 Å². The third-order valence-corrected chi connectivity index (χ3v) is 27.2. The summed E-state index contributed by atoms with van der Waals surface area (Å²) in [6, 6.07) is 0. The van der Waals surface area contributed by atoms with E-state index >= 15 is 0 Å². The first-order chi connectivity index (χ1) is 43.2. The van der Waals surface area contributed by atoms with Gasteiger partial charge in [0.25, 0.3) is 0 Å². The molecular formula is C81H140AlLiO12. The van der Waals surface area contributed by atoms with E-state index in [1.165, 1.54) is 128 Å². The second kappa shape index (κ2) is 33.2. The number of epoxide rings is 1. The Morgan fingerprint density at radius 2 is 0.674 bits per heavy atom. The van der Waals surface area contributed by atoms with Crippen LogP contribution in [0.5, 0.6) is 0 Å². The predicted octanol–water partition coefficient (Wildman–Crippen LogP) is 10.6. The van der Waals surface area contributed by atoms with Gasteiger partial charge in [-0.05, 0) is 279 Å². The summed E-state index contributed by atoms with van der Waals surface area (Å²) in [7, 11) is 0. The van der Waals surface area contributed by atoms with Gasteiger partial charge in [0.05, 0.1) is 60.0 Å². The minimum Gasteiger partial charge on any atom is -1.00 e. The summed E-state index contributed by atoms with van der Waals surface area (Å²) in [5, 5.41) is 112. The number of aliphatic hydroxyl groups is 11. The van der Waals surface area contributed by atoms with Gasteiger partial charge in [-0.25, -0.2) is 0 Å². The number of hydrogen-bond donors (Lipinski definition) is 11. The van der Waals surface area contributed by atoms with Crippen molar-refractivity contribution in [3.8, 4) is 0 Å². The van der Waals surface area contributed by atoms with Crippen LogP contribution >= 0.6 is 0 Å². The van der Waals surface area contributed by atoms with Crippen molar-refractivity contribution in [2.75, 3.05) is 6.61 Å². The number of fused-ring (bicyclic) bond motifs is 3. The number of aliphatic hydroxyl groups excluding tert-OH is 6. The fourth-order valence-electron chi connectivity index (χ4n) is 20.9. The number of allylic oxidation sites excluding steroid dienone is 9.